The number of hydrogen-bond acceptors (Lipinski definition) is 5. The number of rotatable bonds is 4. The minimum atomic E-state index is -1.47. The van der Waals surface area contributed by atoms with Crippen molar-refractivity contribution in [2.45, 2.75) is 25.2 Å². The average Bonchev–Trinajstić information content (AvgIpc) is 2.53. The number of fused-ring (bicyclic) bond motifs is 2. The van der Waals surface area contributed by atoms with Gasteiger partial charge in [-0.05, 0) is 11.6 Å². The van der Waals surface area contributed by atoms with Crippen molar-refractivity contribution in [2.24, 2.45) is 5.41 Å². The van der Waals surface area contributed by atoms with Crippen LogP contribution in [-0.4, -0.2) is 31.3 Å². The number of methoxy groups -OCH3 is 1. The summed E-state index contributed by atoms with van der Waals surface area (Å²) in [5.74, 6) is -1.23. The number of ether oxygens (including phenoxy) is 3. The minimum Gasteiger partial charge on any atom is -0.468 e. The van der Waals surface area contributed by atoms with Gasteiger partial charge in [-0.2, -0.15) is 0 Å². The Balaban J connectivity index is 1.82. The quantitative estimate of drug-likeness (QED) is 0.478. The molecule has 3 atom stereocenters. The van der Waals surface area contributed by atoms with Gasteiger partial charge in [0, 0.05) is 6.42 Å². The highest BCUT2D eigenvalue weighted by Gasteiger charge is 2.60. The molecule has 110 valence electrons. The van der Waals surface area contributed by atoms with Gasteiger partial charge in [0.25, 0.3) is 0 Å². The summed E-state index contributed by atoms with van der Waals surface area (Å²) in [6.45, 7) is 0.331. The van der Waals surface area contributed by atoms with Crippen molar-refractivity contribution in [1.29, 1.82) is 0 Å². The van der Waals surface area contributed by atoms with Crippen LogP contribution < -0.4 is 0 Å². The molecule has 1 aromatic carbocycles. The summed E-state index contributed by atoms with van der Waals surface area (Å²) < 4.78 is 15.8. The van der Waals surface area contributed by atoms with Gasteiger partial charge in [0.15, 0.2) is 0 Å². The lowest BCUT2D eigenvalue weighted by atomic mass is 9.73. The van der Waals surface area contributed by atoms with Crippen LogP contribution in [0, 0.1) is 5.41 Å². The Hall–Kier alpha value is -2.14. The Kier molecular flexibility index (Phi) is 3.51. The molecule has 1 fully saturated rings. The zero-order valence-electron chi connectivity index (χ0n) is 11.7. The zero-order chi connectivity index (χ0) is 14.9. The molecule has 4 rings (SSSR count). The summed E-state index contributed by atoms with van der Waals surface area (Å²) >= 11 is 0. The topological polar surface area (TPSA) is 61.8 Å². The highest BCUT2D eigenvalue weighted by atomic mass is 16.6. The molecule has 0 aromatic heterocycles. The van der Waals surface area contributed by atoms with E-state index in [0.717, 1.165) is 5.56 Å². The van der Waals surface area contributed by atoms with E-state index < -0.39 is 23.5 Å². The van der Waals surface area contributed by atoms with E-state index in [9.17, 15) is 9.59 Å². The Morgan fingerprint density at radius 1 is 1.38 bits per heavy atom. The molecule has 0 radical (unpaired) electrons. The maximum absolute atomic E-state index is 12.1. The standard InChI is InChI=1S/C16H16O5/c1-19-14(17)16-8-7-12(21-15(16)18)9-13(16)20-10-11-5-3-2-4-6-11/h2-8,12-13H,9-10H2,1H3. The van der Waals surface area contributed by atoms with Crippen LogP contribution in [0.4, 0.5) is 0 Å². The third kappa shape index (κ3) is 2.23. The third-order valence-corrected chi connectivity index (χ3v) is 3.94. The molecule has 3 aliphatic rings. The van der Waals surface area contributed by atoms with Gasteiger partial charge in [0.1, 0.15) is 6.10 Å². The Morgan fingerprint density at radius 3 is 2.81 bits per heavy atom. The van der Waals surface area contributed by atoms with Gasteiger partial charge in [-0.3, -0.25) is 9.59 Å². The predicted molar refractivity (Wildman–Crippen MR) is 73.1 cm³/mol. The smallest absolute Gasteiger partial charge is 0.330 e. The van der Waals surface area contributed by atoms with E-state index in [0.29, 0.717) is 13.0 Å². The fourth-order valence-electron chi connectivity index (χ4n) is 2.79. The first-order chi connectivity index (χ1) is 10.2. The molecule has 5 nitrogen and oxygen atoms in total. The molecule has 1 aliphatic carbocycles. The van der Waals surface area contributed by atoms with Crippen molar-refractivity contribution in [1.82, 2.24) is 0 Å². The Morgan fingerprint density at radius 2 is 2.14 bits per heavy atom. The molecule has 5 heteroatoms. The first-order valence-corrected chi connectivity index (χ1v) is 6.81. The van der Waals surface area contributed by atoms with Crippen molar-refractivity contribution in [3.63, 3.8) is 0 Å². The summed E-state index contributed by atoms with van der Waals surface area (Å²) in [6, 6.07) is 9.61. The molecule has 2 heterocycles. The van der Waals surface area contributed by atoms with E-state index in [1.54, 1.807) is 12.2 Å². The molecule has 2 bridgehead atoms. The Labute approximate surface area is 122 Å². The molecule has 0 spiro atoms. The second-order valence-electron chi connectivity index (χ2n) is 5.18. The normalized spacial score (nSPS) is 30.0. The monoisotopic (exact) mass is 288 g/mol. The molecule has 0 saturated carbocycles. The lowest BCUT2D eigenvalue weighted by molar-refractivity contribution is -0.196. The van der Waals surface area contributed by atoms with Crippen LogP contribution >= 0.6 is 0 Å². The van der Waals surface area contributed by atoms with E-state index in [2.05, 4.69) is 0 Å². The van der Waals surface area contributed by atoms with E-state index in [1.165, 1.54) is 7.11 Å². The van der Waals surface area contributed by atoms with Crippen LogP contribution in [0.5, 0.6) is 0 Å². The first-order valence-electron chi connectivity index (χ1n) is 6.81. The van der Waals surface area contributed by atoms with Crippen molar-refractivity contribution in [3.05, 3.63) is 48.0 Å². The van der Waals surface area contributed by atoms with Crippen LogP contribution in [-0.2, 0) is 30.4 Å². The third-order valence-electron chi connectivity index (χ3n) is 3.94. The number of esters is 2. The molecule has 2 aliphatic heterocycles. The molecule has 21 heavy (non-hydrogen) atoms. The van der Waals surface area contributed by atoms with Crippen LogP contribution in [0.15, 0.2) is 42.5 Å². The lowest BCUT2D eigenvalue weighted by Crippen LogP contribution is -2.58. The summed E-state index contributed by atoms with van der Waals surface area (Å²) in [7, 11) is 1.26. The summed E-state index contributed by atoms with van der Waals surface area (Å²) in [5.41, 5.74) is -0.491. The van der Waals surface area contributed by atoms with Crippen LogP contribution in [0.3, 0.4) is 0 Å². The number of hydrogen-bond donors (Lipinski definition) is 0. The van der Waals surface area contributed by atoms with Gasteiger partial charge < -0.3 is 14.2 Å². The van der Waals surface area contributed by atoms with Gasteiger partial charge in [-0.25, -0.2) is 0 Å². The minimum absolute atomic E-state index is 0.329. The molecule has 1 aromatic rings. The molecular weight excluding hydrogens is 272 g/mol. The SMILES string of the molecule is COC(=O)C12C=CC(CC1OCc1ccccc1)OC2=O. The van der Waals surface area contributed by atoms with Gasteiger partial charge >= 0.3 is 11.9 Å². The molecule has 0 N–H and O–H groups in total. The van der Waals surface area contributed by atoms with Gasteiger partial charge in [0.2, 0.25) is 5.41 Å². The van der Waals surface area contributed by atoms with E-state index in [1.807, 2.05) is 30.3 Å². The maximum atomic E-state index is 12.1. The second kappa shape index (κ2) is 5.33. The number of benzene rings is 1. The average molecular weight is 288 g/mol. The van der Waals surface area contributed by atoms with Crippen LogP contribution in [0.1, 0.15) is 12.0 Å². The molecule has 1 saturated heterocycles. The second-order valence-corrected chi connectivity index (χ2v) is 5.18. The highest BCUT2D eigenvalue weighted by Crippen LogP contribution is 2.42. The van der Waals surface area contributed by atoms with Crippen molar-refractivity contribution >= 4 is 11.9 Å². The predicted octanol–water partition coefficient (Wildman–Crippen LogP) is 1.62. The number of carbonyl (C=O) groups excluding carboxylic acids is 2. The van der Waals surface area contributed by atoms with Crippen LogP contribution in [0.2, 0.25) is 0 Å². The van der Waals surface area contributed by atoms with E-state index >= 15 is 0 Å². The molecule has 0 amide bonds. The zero-order valence-corrected chi connectivity index (χ0v) is 11.7. The Bertz CT molecular complexity index is 580. The largest absolute Gasteiger partial charge is 0.468 e. The highest BCUT2D eigenvalue weighted by molar-refractivity contribution is 6.04. The van der Waals surface area contributed by atoms with E-state index in [4.69, 9.17) is 14.2 Å². The van der Waals surface area contributed by atoms with E-state index in [-0.39, 0.29) is 6.10 Å². The summed E-state index contributed by atoms with van der Waals surface area (Å²) in [4.78, 5) is 24.3. The maximum Gasteiger partial charge on any atom is 0.330 e. The van der Waals surface area contributed by atoms with Gasteiger partial charge in [-0.1, -0.05) is 36.4 Å². The van der Waals surface area contributed by atoms with Gasteiger partial charge in [0.05, 0.1) is 19.8 Å². The van der Waals surface area contributed by atoms with Crippen molar-refractivity contribution in [2.75, 3.05) is 7.11 Å². The van der Waals surface area contributed by atoms with Crippen molar-refractivity contribution < 1.29 is 23.8 Å². The van der Waals surface area contributed by atoms with Gasteiger partial charge in [-0.15, -0.1) is 0 Å². The van der Waals surface area contributed by atoms with Crippen molar-refractivity contribution in [3.8, 4) is 0 Å². The number of carbonyl (C=O) groups is 2. The first kappa shape index (κ1) is 13.8. The molecular formula is C16H16O5. The fraction of sp³-hybridized carbons (Fsp3) is 0.375. The lowest BCUT2D eigenvalue weighted by Gasteiger charge is -2.43. The summed E-state index contributed by atoms with van der Waals surface area (Å²) in [5, 5.41) is 0. The summed E-state index contributed by atoms with van der Waals surface area (Å²) in [6.07, 6.45) is 2.85. The van der Waals surface area contributed by atoms with Crippen LogP contribution in [0.25, 0.3) is 0 Å². The molecule has 3 unspecified atom stereocenters. The fourth-order valence-corrected chi connectivity index (χ4v) is 2.79.